The topological polar surface area (TPSA) is 64.6 Å². The minimum Gasteiger partial charge on any atom is -0.400 e. The SMILES string of the molecule is CNCC(=Cc1cccc(S(C)(=O)=O)c1)B1OC(C)(C)C(C)(C)O1. The highest BCUT2D eigenvalue weighted by molar-refractivity contribution is 7.90. The molecule has 1 heterocycles. The Morgan fingerprint density at radius 3 is 2.29 bits per heavy atom. The van der Waals surface area contributed by atoms with Gasteiger partial charge in [0.2, 0.25) is 0 Å². The van der Waals surface area contributed by atoms with E-state index in [1.807, 2.05) is 46.9 Å². The first kappa shape index (κ1) is 19.2. The molecule has 24 heavy (non-hydrogen) atoms. The molecular weight excluding hydrogens is 325 g/mol. The maximum Gasteiger partial charge on any atom is 0.491 e. The fraction of sp³-hybridized carbons (Fsp3) is 0.529. The highest BCUT2D eigenvalue weighted by Crippen LogP contribution is 2.38. The molecule has 2 rings (SSSR count). The van der Waals surface area contributed by atoms with Gasteiger partial charge in [-0.2, -0.15) is 0 Å². The molecule has 0 spiro atoms. The molecule has 1 aliphatic rings. The molecule has 0 amide bonds. The first-order valence-corrected chi connectivity index (χ1v) is 9.86. The van der Waals surface area contributed by atoms with Gasteiger partial charge >= 0.3 is 7.12 Å². The normalized spacial score (nSPS) is 20.4. The zero-order valence-electron chi connectivity index (χ0n) is 15.2. The molecule has 0 atom stereocenters. The van der Waals surface area contributed by atoms with Crippen molar-refractivity contribution in [2.45, 2.75) is 43.8 Å². The summed E-state index contributed by atoms with van der Waals surface area (Å²) in [4.78, 5) is 0.300. The Hall–Kier alpha value is -1.15. The van der Waals surface area contributed by atoms with Crippen LogP contribution in [-0.4, -0.2) is 46.6 Å². The van der Waals surface area contributed by atoms with Crippen LogP contribution in [-0.2, 0) is 19.1 Å². The van der Waals surface area contributed by atoms with E-state index in [9.17, 15) is 8.42 Å². The van der Waals surface area contributed by atoms with E-state index in [1.165, 1.54) is 6.26 Å². The lowest BCUT2D eigenvalue weighted by molar-refractivity contribution is 0.00578. The van der Waals surface area contributed by atoms with E-state index in [2.05, 4.69) is 5.32 Å². The second-order valence-electron chi connectivity index (χ2n) is 7.18. The van der Waals surface area contributed by atoms with Gasteiger partial charge in [-0.25, -0.2) is 8.42 Å². The molecule has 7 heteroatoms. The number of likely N-dealkylation sites (N-methyl/N-ethyl adjacent to an activating group) is 1. The Kier molecular flexibility index (Phi) is 5.30. The molecule has 132 valence electrons. The minimum absolute atomic E-state index is 0.300. The molecule has 0 radical (unpaired) electrons. The standard InChI is InChI=1S/C17H26BNO4S/c1-16(2)17(3,4)23-18(22-16)14(12-19-5)10-13-8-7-9-15(11-13)24(6,20)21/h7-11,19H,12H2,1-6H3. The molecule has 1 N–H and O–H groups in total. The predicted molar refractivity (Wildman–Crippen MR) is 97.5 cm³/mol. The van der Waals surface area contributed by atoms with Crippen LogP contribution in [0.3, 0.4) is 0 Å². The van der Waals surface area contributed by atoms with Crippen molar-refractivity contribution in [3.63, 3.8) is 0 Å². The molecule has 0 unspecified atom stereocenters. The monoisotopic (exact) mass is 351 g/mol. The predicted octanol–water partition coefficient (Wildman–Crippen LogP) is 2.32. The van der Waals surface area contributed by atoms with Crippen LogP contribution < -0.4 is 5.32 Å². The van der Waals surface area contributed by atoms with Crippen molar-refractivity contribution >= 4 is 23.0 Å². The summed E-state index contributed by atoms with van der Waals surface area (Å²) in [6, 6.07) is 6.87. The first-order chi connectivity index (χ1) is 11.0. The summed E-state index contributed by atoms with van der Waals surface area (Å²) in [6.45, 7) is 8.62. The van der Waals surface area contributed by atoms with Crippen LogP contribution >= 0.6 is 0 Å². The third-order valence-corrected chi connectivity index (χ3v) is 5.69. The van der Waals surface area contributed by atoms with Crippen molar-refractivity contribution in [1.29, 1.82) is 0 Å². The summed E-state index contributed by atoms with van der Waals surface area (Å²) in [7, 11) is -1.85. The molecule has 1 saturated heterocycles. The van der Waals surface area contributed by atoms with Crippen LogP contribution in [0, 0.1) is 0 Å². The molecule has 0 aromatic heterocycles. The summed E-state index contributed by atoms with van der Waals surface area (Å²) in [5, 5.41) is 3.12. The van der Waals surface area contributed by atoms with Crippen molar-refractivity contribution < 1.29 is 17.7 Å². The van der Waals surface area contributed by atoms with Gasteiger partial charge in [0, 0.05) is 12.8 Å². The number of rotatable bonds is 5. The smallest absolute Gasteiger partial charge is 0.400 e. The maximum atomic E-state index is 11.7. The lowest BCUT2D eigenvalue weighted by Gasteiger charge is -2.32. The van der Waals surface area contributed by atoms with E-state index in [0.29, 0.717) is 11.4 Å². The van der Waals surface area contributed by atoms with Crippen LogP contribution in [0.15, 0.2) is 34.6 Å². The third-order valence-electron chi connectivity index (χ3n) is 4.58. The minimum atomic E-state index is -3.24. The summed E-state index contributed by atoms with van der Waals surface area (Å²) in [5.41, 5.74) is 0.887. The second kappa shape index (κ2) is 6.63. The van der Waals surface area contributed by atoms with Gasteiger partial charge in [-0.1, -0.05) is 18.2 Å². The Morgan fingerprint density at radius 1 is 1.21 bits per heavy atom. The van der Waals surface area contributed by atoms with Gasteiger partial charge in [0.1, 0.15) is 0 Å². The molecule has 1 aromatic carbocycles. The van der Waals surface area contributed by atoms with Crippen molar-refractivity contribution in [3.8, 4) is 0 Å². The lowest BCUT2D eigenvalue weighted by atomic mass is 9.77. The van der Waals surface area contributed by atoms with E-state index >= 15 is 0 Å². The van der Waals surface area contributed by atoms with E-state index in [1.54, 1.807) is 18.2 Å². The van der Waals surface area contributed by atoms with Crippen LogP contribution in [0.2, 0.25) is 0 Å². The molecule has 1 aliphatic heterocycles. The maximum absolute atomic E-state index is 11.7. The zero-order chi connectivity index (χ0) is 18.2. The van der Waals surface area contributed by atoms with Crippen LogP contribution in [0.5, 0.6) is 0 Å². The summed E-state index contributed by atoms with van der Waals surface area (Å²) in [6.07, 6.45) is 3.13. The van der Waals surface area contributed by atoms with Crippen LogP contribution in [0.1, 0.15) is 33.3 Å². The molecular formula is C17H26BNO4S. The average Bonchev–Trinajstić information content (AvgIpc) is 2.66. The number of sulfone groups is 1. The van der Waals surface area contributed by atoms with Crippen molar-refractivity contribution in [1.82, 2.24) is 5.32 Å². The van der Waals surface area contributed by atoms with Crippen molar-refractivity contribution in [2.24, 2.45) is 0 Å². The van der Waals surface area contributed by atoms with E-state index in [0.717, 1.165) is 11.0 Å². The Balaban J connectivity index is 2.37. The lowest BCUT2D eigenvalue weighted by Crippen LogP contribution is -2.41. The van der Waals surface area contributed by atoms with E-state index in [4.69, 9.17) is 9.31 Å². The number of hydrogen-bond donors (Lipinski definition) is 1. The largest absolute Gasteiger partial charge is 0.491 e. The van der Waals surface area contributed by atoms with Gasteiger partial charge in [-0.05, 0) is 57.9 Å². The quantitative estimate of drug-likeness (QED) is 0.825. The van der Waals surface area contributed by atoms with Gasteiger partial charge in [-0.3, -0.25) is 0 Å². The van der Waals surface area contributed by atoms with Crippen LogP contribution in [0.25, 0.3) is 6.08 Å². The number of nitrogens with one attached hydrogen (secondary N) is 1. The van der Waals surface area contributed by atoms with Crippen molar-refractivity contribution in [3.05, 3.63) is 35.3 Å². The molecule has 1 aromatic rings. The summed E-state index contributed by atoms with van der Waals surface area (Å²) < 4.78 is 35.7. The zero-order valence-corrected chi connectivity index (χ0v) is 16.0. The highest BCUT2D eigenvalue weighted by Gasteiger charge is 2.52. The Morgan fingerprint density at radius 2 is 1.79 bits per heavy atom. The first-order valence-electron chi connectivity index (χ1n) is 7.97. The van der Waals surface area contributed by atoms with E-state index < -0.39 is 28.2 Å². The Bertz CT molecular complexity index is 725. The third kappa shape index (κ3) is 4.09. The fourth-order valence-corrected chi connectivity index (χ4v) is 3.13. The van der Waals surface area contributed by atoms with Gasteiger partial charge < -0.3 is 14.6 Å². The Labute approximate surface area is 145 Å². The summed E-state index contributed by atoms with van der Waals surface area (Å²) in [5.74, 6) is 0. The fourth-order valence-electron chi connectivity index (χ4n) is 2.45. The summed E-state index contributed by atoms with van der Waals surface area (Å²) >= 11 is 0. The molecule has 0 bridgehead atoms. The van der Waals surface area contributed by atoms with Crippen molar-refractivity contribution in [2.75, 3.05) is 19.8 Å². The highest BCUT2D eigenvalue weighted by atomic mass is 32.2. The van der Waals surface area contributed by atoms with Gasteiger partial charge in [0.05, 0.1) is 16.1 Å². The number of benzene rings is 1. The van der Waals surface area contributed by atoms with Gasteiger partial charge in [0.15, 0.2) is 9.84 Å². The van der Waals surface area contributed by atoms with E-state index in [-0.39, 0.29) is 0 Å². The molecule has 0 saturated carbocycles. The average molecular weight is 351 g/mol. The van der Waals surface area contributed by atoms with Gasteiger partial charge in [-0.15, -0.1) is 0 Å². The van der Waals surface area contributed by atoms with Crippen LogP contribution in [0.4, 0.5) is 0 Å². The second-order valence-corrected chi connectivity index (χ2v) is 9.20. The molecule has 1 fully saturated rings. The number of hydrogen-bond acceptors (Lipinski definition) is 5. The molecule has 0 aliphatic carbocycles. The molecule has 5 nitrogen and oxygen atoms in total. The van der Waals surface area contributed by atoms with Gasteiger partial charge in [0.25, 0.3) is 0 Å².